The van der Waals surface area contributed by atoms with E-state index in [1.54, 1.807) is 0 Å². The Morgan fingerprint density at radius 1 is 1.41 bits per heavy atom. The number of likely N-dealkylation sites (tertiary alicyclic amines) is 1. The van der Waals surface area contributed by atoms with E-state index in [9.17, 15) is 4.79 Å². The van der Waals surface area contributed by atoms with E-state index in [1.165, 1.54) is 5.75 Å². The lowest BCUT2D eigenvalue weighted by Crippen LogP contribution is -2.45. The molecule has 2 aliphatic rings. The monoisotopic (exact) mass is 256 g/mol. The van der Waals surface area contributed by atoms with E-state index >= 15 is 0 Å². The molecule has 98 valence electrons. The average molecular weight is 256 g/mol. The van der Waals surface area contributed by atoms with Gasteiger partial charge < -0.3 is 10.2 Å². The number of nitrogens with zero attached hydrogens (tertiary/aromatic N) is 1. The highest BCUT2D eigenvalue weighted by atomic mass is 32.2. The number of hydrogen-bond donors (Lipinski definition) is 1. The van der Waals surface area contributed by atoms with Gasteiger partial charge in [0.2, 0.25) is 5.91 Å². The molecule has 1 atom stereocenters. The molecule has 0 aromatic rings. The van der Waals surface area contributed by atoms with Crippen molar-refractivity contribution in [1.82, 2.24) is 10.2 Å². The first-order valence-electron chi connectivity index (χ1n) is 6.66. The summed E-state index contributed by atoms with van der Waals surface area (Å²) in [6.07, 6.45) is 2.98. The molecule has 4 heteroatoms. The van der Waals surface area contributed by atoms with Crippen LogP contribution in [0.1, 0.15) is 33.1 Å². The van der Waals surface area contributed by atoms with Crippen LogP contribution in [0.4, 0.5) is 0 Å². The standard InChI is InChI=1S/C13H24N2OS/c1-13(2)3-6-15(7-4-13)12(16)9-11-10-17-8-5-14-11/h11,14H,3-10H2,1-2H3. The second-order valence-electron chi connectivity index (χ2n) is 5.98. The fourth-order valence-corrected chi connectivity index (χ4v) is 3.40. The zero-order valence-corrected chi connectivity index (χ0v) is 11.8. The first-order chi connectivity index (χ1) is 8.07. The van der Waals surface area contributed by atoms with Crippen molar-refractivity contribution in [2.75, 3.05) is 31.1 Å². The van der Waals surface area contributed by atoms with Gasteiger partial charge in [-0.3, -0.25) is 4.79 Å². The Labute approximate surface area is 109 Å². The molecule has 0 aliphatic carbocycles. The smallest absolute Gasteiger partial charge is 0.224 e. The minimum atomic E-state index is 0.348. The zero-order valence-electron chi connectivity index (χ0n) is 11.0. The molecule has 2 heterocycles. The summed E-state index contributed by atoms with van der Waals surface area (Å²) in [4.78, 5) is 14.2. The molecule has 17 heavy (non-hydrogen) atoms. The topological polar surface area (TPSA) is 32.3 Å². The van der Waals surface area contributed by atoms with Crippen LogP contribution in [0.5, 0.6) is 0 Å². The molecular weight excluding hydrogens is 232 g/mol. The van der Waals surface area contributed by atoms with Gasteiger partial charge in [0.15, 0.2) is 0 Å². The molecule has 0 aromatic carbocycles. The lowest BCUT2D eigenvalue weighted by Gasteiger charge is -2.37. The van der Waals surface area contributed by atoms with E-state index in [-0.39, 0.29) is 0 Å². The molecule has 0 radical (unpaired) electrons. The van der Waals surface area contributed by atoms with Gasteiger partial charge in [-0.2, -0.15) is 11.8 Å². The van der Waals surface area contributed by atoms with E-state index < -0.39 is 0 Å². The molecule has 1 amide bonds. The summed E-state index contributed by atoms with van der Waals surface area (Å²) in [5, 5.41) is 3.44. The number of carbonyl (C=O) groups is 1. The van der Waals surface area contributed by atoms with Crippen molar-refractivity contribution in [3.63, 3.8) is 0 Å². The van der Waals surface area contributed by atoms with Crippen LogP contribution in [-0.4, -0.2) is 48.0 Å². The first-order valence-corrected chi connectivity index (χ1v) is 7.81. The summed E-state index contributed by atoms with van der Waals surface area (Å²) in [5.41, 5.74) is 0.426. The molecule has 2 rings (SSSR count). The molecule has 2 saturated heterocycles. The Bertz CT molecular complexity index is 265. The summed E-state index contributed by atoms with van der Waals surface area (Å²) in [5.74, 6) is 2.62. The van der Waals surface area contributed by atoms with Crippen molar-refractivity contribution >= 4 is 17.7 Å². The second-order valence-corrected chi connectivity index (χ2v) is 7.12. The number of carbonyl (C=O) groups excluding carboxylic acids is 1. The van der Waals surface area contributed by atoms with Gasteiger partial charge in [-0.1, -0.05) is 13.8 Å². The van der Waals surface area contributed by atoms with Crippen molar-refractivity contribution < 1.29 is 4.79 Å². The molecule has 3 nitrogen and oxygen atoms in total. The summed E-state index contributed by atoms with van der Waals surface area (Å²) < 4.78 is 0. The lowest BCUT2D eigenvalue weighted by atomic mass is 9.82. The molecule has 0 saturated carbocycles. The number of rotatable bonds is 2. The molecule has 2 fully saturated rings. The molecule has 2 aliphatic heterocycles. The van der Waals surface area contributed by atoms with Gasteiger partial charge in [0.1, 0.15) is 0 Å². The van der Waals surface area contributed by atoms with Crippen LogP contribution in [0.3, 0.4) is 0 Å². The van der Waals surface area contributed by atoms with Crippen molar-refractivity contribution in [2.45, 2.75) is 39.2 Å². The summed E-state index contributed by atoms with van der Waals surface area (Å²) in [7, 11) is 0. The normalized spacial score (nSPS) is 29.1. The molecule has 1 unspecified atom stereocenters. The van der Waals surface area contributed by atoms with Crippen LogP contribution in [0.25, 0.3) is 0 Å². The minimum absolute atomic E-state index is 0.348. The van der Waals surface area contributed by atoms with Crippen molar-refractivity contribution in [1.29, 1.82) is 0 Å². The maximum absolute atomic E-state index is 12.2. The Morgan fingerprint density at radius 2 is 2.12 bits per heavy atom. The maximum Gasteiger partial charge on any atom is 0.224 e. The summed E-state index contributed by atoms with van der Waals surface area (Å²) >= 11 is 1.96. The van der Waals surface area contributed by atoms with Gasteiger partial charge in [0, 0.05) is 43.6 Å². The Balaban J connectivity index is 1.76. The number of amides is 1. The lowest BCUT2D eigenvalue weighted by molar-refractivity contribution is -0.133. The largest absolute Gasteiger partial charge is 0.343 e. The Hall–Kier alpha value is -0.220. The van der Waals surface area contributed by atoms with Crippen molar-refractivity contribution in [3.8, 4) is 0 Å². The predicted octanol–water partition coefficient (Wildman–Crippen LogP) is 1.73. The van der Waals surface area contributed by atoms with Crippen LogP contribution in [0, 0.1) is 5.41 Å². The second kappa shape index (κ2) is 5.61. The zero-order chi connectivity index (χ0) is 12.3. The van der Waals surface area contributed by atoms with Crippen LogP contribution in [0.2, 0.25) is 0 Å². The first kappa shape index (κ1) is 13.2. The van der Waals surface area contributed by atoms with Gasteiger partial charge >= 0.3 is 0 Å². The number of piperidine rings is 1. The van der Waals surface area contributed by atoms with E-state index in [2.05, 4.69) is 24.1 Å². The van der Waals surface area contributed by atoms with E-state index in [4.69, 9.17) is 0 Å². The predicted molar refractivity (Wildman–Crippen MR) is 73.3 cm³/mol. The van der Waals surface area contributed by atoms with Crippen LogP contribution in [-0.2, 0) is 4.79 Å². The van der Waals surface area contributed by atoms with Crippen LogP contribution in [0.15, 0.2) is 0 Å². The molecule has 1 N–H and O–H groups in total. The maximum atomic E-state index is 12.2. The minimum Gasteiger partial charge on any atom is -0.343 e. The van der Waals surface area contributed by atoms with Gasteiger partial charge in [0.25, 0.3) is 0 Å². The third-order valence-corrected chi connectivity index (χ3v) is 5.02. The van der Waals surface area contributed by atoms with E-state index in [1.807, 2.05) is 11.8 Å². The quantitative estimate of drug-likeness (QED) is 0.816. The summed E-state index contributed by atoms with van der Waals surface area (Å²) in [6, 6.07) is 0.399. The fraction of sp³-hybridized carbons (Fsp3) is 0.923. The fourth-order valence-electron chi connectivity index (χ4n) is 2.45. The van der Waals surface area contributed by atoms with Gasteiger partial charge in [-0.15, -0.1) is 0 Å². The van der Waals surface area contributed by atoms with Crippen molar-refractivity contribution in [3.05, 3.63) is 0 Å². The van der Waals surface area contributed by atoms with Gasteiger partial charge in [0.05, 0.1) is 0 Å². The summed E-state index contributed by atoms with van der Waals surface area (Å²) in [6.45, 7) is 7.55. The number of hydrogen-bond acceptors (Lipinski definition) is 3. The molecule has 0 bridgehead atoms. The van der Waals surface area contributed by atoms with Gasteiger partial charge in [-0.25, -0.2) is 0 Å². The molecule has 0 spiro atoms. The molecular formula is C13H24N2OS. The highest BCUT2D eigenvalue weighted by Gasteiger charge is 2.28. The highest BCUT2D eigenvalue weighted by Crippen LogP contribution is 2.30. The van der Waals surface area contributed by atoms with Gasteiger partial charge in [-0.05, 0) is 18.3 Å². The van der Waals surface area contributed by atoms with Crippen molar-refractivity contribution in [2.24, 2.45) is 5.41 Å². The van der Waals surface area contributed by atoms with Crippen LogP contribution < -0.4 is 5.32 Å². The van der Waals surface area contributed by atoms with Crippen LogP contribution >= 0.6 is 11.8 Å². The molecule has 0 aromatic heterocycles. The third-order valence-electron chi connectivity index (χ3n) is 3.89. The third kappa shape index (κ3) is 3.88. The van der Waals surface area contributed by atoms with E-state index in [0.29, 0.717) is 23.8 Å². The highest BCUT2D eigenvalue weighted by molar-refractivity contribution is 7.99. The van der Waals surface area contributed by atoms with E-state index in [0.717, 1.165) is 38.2 Å². The Morgan fingerprint density at radius 3 is 2.71 bits per heavy atom. The number of nitrogens with one attached hydrogen (secondary N) is 1. The number of thioether (sulfide) groups is 1. The SMILES string of the molecule is CC1(C)CCN(C(=O)CC2CSCCN2)CC1. The Kier molecular flexibility index (Phi) is 4.36. The average Bonchev–Trinajstić information content (AvgIpc) is 2.30.